The maximum Gasteiger partial charge on any atom is 0.0711 e. The van der Waals surface area contributed by atoms with Crippen molar-refractivity contribution in [3.8, 4) is 11.1 Å². The molecule has 1 heterocycles. The Hall–Kier alpha value is -1.57. The van der Waals surface area contributed by atoms with Crippen LogP contribution in [0.2, 0.25) is 10.0 Å². The summed E-state index contributed by atoms with van der Waals surface area (Å²) in [5.74, 6) is 0. The van der Waals surface area contributed by atoms with Gasteiger partial charge in [0.15, 0.2) is 0 Å². The van der Waals surface area contributed by atoms with E-state index in [4.69, 9.17) is 23.2 Å². The van der Waals surface area contributed by atoms with Crippen molar-refractivity contribution in [1.29, 1.82) is 0 Å². The van der Waals surface area contributed by atoms with Gasteiger partial charge < -0.3 is 0 Å². The minimum atomic E-state index is 0.567. The molecule has 0 saturated carbocycles. The molecule has 0 aliphatic carbocycles. The third kappa shape index (κ3) is 2.32. The monoisotopic (exact) mass is 287 g/mol. The van der Waals surface area contributed by atoms with Gasteiger partial charge in [-0.3, -0.25) is 4.98 Å². The van der Waals surface area contributed by atoms with Crippen molar-refractivity contribution in [3.63, 3.8) is 0 Å². The average Bonchev–Trinajstić information content (AvgIpc) is 2.41. The number of hydrogen-bond acceptors (Lipinski definition) is 1. The number of aromatic nitrogens is 1. The molecule has 94 valence electrons. The van der Waals surface area contributed by atoms with Gasteiger partial charge >= 0.3 is 0 Å². The molecule has 3 rings (SSSR count). The molecule has 0 aliphatic rings. The van der Waals surface area contributed by atoms with Crippen LogP contribution in [0.15, 0.2) is 48.5 Å². The number of rotatable bonds is 1. The Balaban J connectivity index is 2.32. The van der Waals surface area contributed by atoms with Crippen molar-refractivity contribution in [2.24, 2.45) is 0 Å². The molecule has 19 heavy (non-hydrogen) atoms. The van der Waals surface area contributed by atoms with Gasteiger partial charge in [0.1, 0.15) is 0 Å². The first-order valence-corrected chi connectivity index (χ1v) is 6.72. The summed E-state index contributed by atoms with van der Waals surface area (Å²) in [5, 5.41) is 2.25. The molecule has 0 atom stereocenters. The molecule has 0 unspecified atom stereocenters. The van der Waals surface area contributed by atoms with Gasteiger partial charge in [-0.2, -0.15) is 0 Å². The van der Waals surface area contributed by atoms with Crippen LogP contribution in [-0.4, -0.2) is 4.98 Å². The van der Waals surface area contributed by atoms with Crippen molar-refractivity contribution in [2.75, 3.05) is 0 Å². The fourth-order valence-corrected chi connectivity index (χ4v) is 2.51. The first-order valence-electron chi connectivity index (χ1n) is 5.97. The second-order valence-corrected chi connectivity index (χ2v) is 5.27. The summed E-state index contributed by atoms with van der Waals surface area (Å²) in [6.07, 6.45) is 0. The molecule has 0 saturated heterocycles. The Morgan fingerprint density at radius 1 is 0.895 bits per heavy atom. The highest BCUT2D eigenvalue weighted by molar-refractivity contribution is 6.42. The molecule has 0 radical (unpaired) electrons. The highest BCUT2D eigenvalue weighted by Gasteiger charge is 2.07. The van der Waals surface area contributed by atoms with Crippen molar-refractivity contribution in [3.05, 3.63) is 64.3 Å². The van der Waals surface area contributed by atoms with Crippen molar-refractivity contribution < 1.29 is 0 Å². The highest BCUT2D eigenvalue weighted by Crippen LogP contribution is 2.32. The Labute approximate surface area is 121 Å². The number of pyridine rings is 1. The number of para-hydroxylation sites is 1. The zero-order valence-corrected chi connectivity index (χ0v) is 11.8. The fourth-order valence-electron chi connectivity index (χ4n) is 2.21. The van der Waals surface area contributed by atoms with Gasteiger partial charge in [0.05, 0.1) is 15.6 Å². The van der Waals surface area contributed by atoms with Crippen LogP contribution in [0.1, 0.15) is 5.69 Å². The first kappa shape index (κ1) is 12.5. The lowest BCUT2D eigenvalue weighted by atomic mass is 10.0. The van der Waals surface area contributed by atoms with Gasteiger partial charge in [-0.1, -0.05) is 47.5 Å². The number of aryl methyl sites for hydroxylation is 1. The predicted octanol–water partition coefficient (Wildman–Crippen LogP) is 5.52. The Morgan fingerprint density at radius 3 is 2.47 bits per heavy atom. The van der Waals surface area contributed by atoms with Gasteiger partial charge in [-0.25, -0.2) is 0 Å². The van der Waals surface area contributed by atoms with Gasteiger partial charge in [-0.05, 0) is 42.3 Å². The van der Waals surface area contributed by atoms with Crippen LogP contribution >= 0.6 is 23.2 Å². The van der Waals surface area contributed by atoms with Crippen LogP contribution in [0.25, 0.3) is 22.0 Å². The maximum absolute atomic E-state index is 6.11. The lowest BCUT2D eigenvalue weighted by Crippen LogP contribution is -1.88. The molecule has 0 amide bonds. The van der Waals surface area contributed by atoms with E-state index in [0.29, 0.717) is 10.0 Å². The molecule has 0 aliphatic heterocycles. The lowest BCUT2D eigenvalue weighted by Gasteiger charge is -2.09. The van der Waals surface area contributed by atoms with Crippen LogP contribution in [0.3, 0.4) is 0 Å². The normalized spacial score (nSPS) is 10.9. The summed E-state index contributed by atoms with van der Waals surface area (Å²) >= 11 is 12.1. The zero-order chi connectivity index (χ0) is 13.4. The van der Waals surface area contributed by atoms with Crippen LogP contribution < -0.4 is 0 Å². The standard InChI is InChI=1S/C16H11Cl2N/c1-10-8-13(11-6-7-14(17)15(18)9-11)12-4-2-3-5-16(12)19-10/h2-9H,1H3. The second kappa shape index (κ2) is 4.84. The number of benzene rings is 2. The minimum Gasteiger partial charge on any atom is -0.253 e. The summed E-state index contributed by atoms with van der Waals surface area (Å²) in [5.41, 5.74) is 4.15. The number of halogens is 2. The smallest absolute Gasteiger partial charge is 0.0711 e. The van der Waals surface area contributed by atoms with E-state index in [-0.39, 0.29) is 0 Å². The van der Waals surface area contributed by atoms with Crippen molar-refractivity contribution in [1.82, 2.24) is 4.98 Å². The third-order valence-corrected chi connectivity index (χ3v) is 3.81. The van der Waals surface area contributed by atoms with Gasteiger partial charge in [-0.15, -0.1) is 0 Å². The van der Waals surface area contributed by atoms with E-state index in [9.17, 15) is 0 Å². The minimum absolute atomic E-state index is 0.567. The fraction of sp³-hybridized carbons (Fsp3) is 0.0625. The van der Waals surface area contributed by atoms with E-state index >= 15 is 0 Å². The second-order valence-electron chi connectivity index (χ2n) is 4.46. The Bertz CT molecular complexity index is 766. The molecule has 1 nitrogen and oxygen atoms in total. The molecule has 3 aromatic rings. The summed E-state index contributed by atoms with van der Waals surface area (Å²) in [6, 6.07) is 15.9. The van der Waals surface area contributed by atoms with Crippen molar-refractivity contribution in [2.45, 2.75) is 6.92 Å². The Kier molecular flexibility index (Phi) is 3.17. The van der Waals surface area contributed by atoms with E-state index in [1.165, 1.54) is 0 Å². The molecule has 0 N–H and O–H groups in total. The van der Waals surface area contributed by atoms with Gasteiger partial charge in [0.25, 0.3) is 0 Å². The highest BCUT2D eigenvalue weighted by atomic mass is 35.5. The molecule has 0 fully saturated rings. The van der Waals surface area contributed by atoms with Crippen LogP contribution in [0.5, 0.6) is 0 Å². The van der Waals surface area contributed by atoms with Gasteiger partial charge in [0, 0.05) is 11.1 Å². The number of hydrogen-bond donors (Lipinski definition) is 0. The maximum atomic E-state index is 6.11. The summed E-state index contributed by atoms with van der Waals surface area (Å²) in [7, 11) is 0. The van der Waals surface area contributed by atoms with Crippen LogP contribution in [0, 0.1) is 6.92 Å². The quantitative estimate of drug-likeness (QED) is 0.574. The topological polar surface area (TPSA) is 12.9 Å². The summed E-state index contributed by atoms with van der Waals surface area (Å²) < 4.78 is 0. The molecule has 0 bridgehead atoms. The molecular weight excluding hydrogens is 277 g/mol. The van der Waals surface area contributed by atoms with E-state index in [1.54, 1.807) is 0 Å². The van der Waals surface area contributed by atoms with Crippen LogP contribution in [-0.2, 0) is 0 Å². The largest absolute Gasteiger partial charge is 0.253 e. The van der Waals surface area contributed by atoms with E-state index in [2.05, 4.69) is 17.1 Å². The predicted molar refractivity (Wildman–Crippen MR) is 81.9 cm³/mol. The van der Waals surface area contributed by atoms with Gasteiger partial charge in [0.2, 0.25) is 0 Å². The zero-order valence-electron chi connectivity index (χ0n) is 10.3. The first-order chi connectivity index (χ1) is 9.15. The molecule has 2 aromatic carbocycles. The molecule has 0 spiro atoms. The van der Waals surface area contributed by atoms with E-state index in [1.807, 2.05) is 43.3 Å². The molecular formula is C16H11Cl2N. The lowest BCUT2D eigenvalue weighted by molar-refractivity contribution is 1.26. The third-order valence-electron chi connectivity index (χ3n) is 3.07. The molecule has 1 aromatic heterocycles. The average molecular weight is 288 g/mol. The summed E-state index contributed by atoms with van der Waals surface area (Å²) in [6.45, 7) is 1.99. The summed E-state index contributed by atoms with van der Waals surface area (Å²) in [4.78, 5) is 4.54. The van der Waals surface area contributed by atoms with Crippen molar-refractivity contribution >= 4 is 34.1 Å². The number of nitrogens with zero attached hydrogens (tertiary/aromatic N) is 1. The number of fused-ring (bicyclic) bond motifs is 1. The van der Waals surface area contributed by atoms with E-state index in [0.717, 1.165) is 27.7 Å². The molecule has 3 heteroatoms. The van der Waals surface area contributed by atoms with Crippen LogP contribution in [0.4, 0.5) is 0 Å². The Morgan fingerprint density at radius 2 is 1.68 bits per heavy atom. The SMILES string of the molecule is Cc1cc(-c2ccc(Cl)c(Cl)c2)c2ccccc2n1. The van der Waals surface area contributed by atoms with E-state index < -0.39 is 0 Å².